The van der Waals surface area contributed by atoms with Crippen LogP contribution >= 0.6 is 23.8 Å². The molecule has 0 aromatic heterocycles. The van der Waals surface area contributed by atoms with Gasteiger partial charge < -0.3 is 19.9 Å². The van der Waals surface area contributed by atoms with Crippen molar-refractivity contribution < 1.29 is 4.74 Å². The lowest BCUT2D eigenvalue weighted by atomic mass is 10.0. The summed E-state index contributed by atoms with van der Waals surface area (Å²) in [4.78, 5) is 4.73. The third-order valence-corrected chi connectivity index (χ3v) is 5.84. The van der Waals surface area contributed by atoms with E-state index >= 15 is 0 Å². The first-order valence-corrected chi connectivity index (χ1v) is 9.95. The van der Waals surface area contributed by atoms with E-state index in [0.717, 1.165) is 62.7 Å². The smallest absolute Gasteiger partial charge is 0.173 e. The highest BCUT2D eigenvalue weighted by atomic mass is 35.5. The molecule has 2 fully saturated rings. The van der Waals surface area contributed by atoms with Crippen molar-refractivity contribution in [3.8, 4) is 0 Å². The van der Waals surface area contributed by atoms with Crippen LogP contribution in [-0.2, 0) is 4.74 Å². The average molecular weight is 382 g/mol. The Labute approximate surface area is 161 Å². The van der Waals surface area contributed by atoms with Gasteiger partial charge in [0, 0.05) is 19.2 Å². The maximum absolute atomic E-state index is 6.35. The Kier molecular flexibility index (Phi) is 6.55. The minimum Gasteiger partial charge on any atom is -0.376 e. The van der Waals surface area contributed by atoms with E-state index in [-0.39, 0.29) is 6.10 Å². The van der Waals surface area contributed by atoms with Crippen molar-refractivity contribution in [3.05, 3.63) is 28.8 Å². The second-order valence-electron chi connectivity index (χ2n) is 7.24. The highest BCUT2D eigenvalue weighted by molar-refractivity contribution is 7.80. The molecule has 1 aromatic carbocycles. The van der Waals surface area contributed by atoms with E-state index in [1.165, 1.54) is 5.56 Å². The molecule has 3 rings (SSSR count). The molecule has 0 radical (unpaired) electrons. The summed E-state index contributed by atoms with van der Waals surface area (Å²) in [7, 11) is 2.18. The molecule has 1 N–H and O–H groups in total. The summed E-state index contributed by atoms with van der Waals surface area (Å²) in [5.74, 6) is 0. The Hall–Kier alpha value is -0.880. The van der Waals surface area contributed by atoms with E-state index < -0.39 is 0 Å². The van der Waals surface area contributed by atoms with E-state index in [0.29, 0.717) is 11.1 Å². The number of likely N-dealkylation sites (tertiary alicyclic amines) is 1. The lowest BCUT2D eigenvalue weighted by Gasteiger charge is -2.40. The Balaban J connectivity index is 1.72. The molecule has 138 valence electrons. The van der Waals surface area contributed by atoms with Crippen LogP contribution in [0.2, 0.25) is 5.02 Å². The first kappa shape index (κ1) is 18.9. The van der Waals surface area contributed by atoms with Crippen molar-refractivity contribution in [1.82, 2.24) is 9.80 Å². The minimum absolute atomic E-state index is 0.285. The summed E-state index contributed by atoms with van der Waals surface area (Å²) in [6, 6.07) is 6.44. The van der Waals surface area contributed by atoms with Gasteiger partial charge in [0.15, 0.2) is 5.11 Å². The van der Waals surface area contributed by atoms with Crippen LogP contribution < -0.4 is 5.32 Å². The number of hydrogen-bond donors (Lipinski definition) is 1. The van der Waals surface area contributed by atoms with Gasteiger partial charge in [-0.3, -0.25) is 0 Å². The fourth-order valence-electron chi connectivity index (χ4n) is 3.63. The number of nitrogens with one attached hydrogen (secondary N) is 1. The maximum Gasteiger partial charge on any atom is 0.173 e. The van der Waals surface area contributed by atoms with Crippen molar-refractivity contribution in [2.75, 3.05) is 38.6 Å². The molecule has 0 spiro atoms. The van der Waals surface area contributed by atoms with E-state index in [4.69, 9.17) is 28.6 Å². The second kappa shape index (κ2) is 8.67. The number of halogens is 1. The predicted molar refractivity (Wildman–Crippen MR) is 109 cm³/mol. The second-order valence-corrected chi connectivity index (χ2v) is 8.03. The fraction of sp³-hybridized carbons (Fsp3) is 0.632. The van der Waals surface area contributed by atoms with Gasteiger partial charge in [0.25, 0.3) is 0 Å². The summed E-state index contributed by atoms with van der Waals surface area (Å²) < 4.78 is 5.87. The predicted octanol–water partition coefficient (Wildman–Crippen LogP) is 3.92. The van der Waals surface area contributed by atoms with Crippen LogP contribution in [0.3, 0.4) is 0 Å². The molecule has 25 heavy (non-hydrogen) atoms. The van der Waals surface area contributed by atoms with E-state index in [1.807, 2.05) is 18.2 Å². The zero-order valence-electron chi connectivity index (χ0n) is 15.1. The van der Waals surface area contributed by atoms with Crippen molar-refractivity contribution in [2.24, 2.45) is 0 Å². The Bertz CT molecular complexity index is 598. The molecule has 4 nitrogen and oxygen atoms in total. The molecule has 0 amide bonds. The first-order chi connectivity index (χ1) is 12.0. The molecule has 2 heterocycles. The lowest BCUT2D eigenvalue weighted by molar-refractivity contribution is 0.0724. The van der Waals surface area contributed by atoms with E-state index in [9.17, 15) is 0 Å². The quantitative estimate of drug-likeness (QED) is 0.798. The Morgan fingerprint density at radius 3 is 2.80 bits per heavy atom. The minimum atomic E-state index is 0.285. The summed E-state index contributed by atoms with van der Waals surface area (Å²) in [6.45, 7) is 6.02. The molecule has 1 aromatic rings. The van der Waals surface area contributed by atoms with Crippen LogP contribution in [0, 0.1) is 6.92 Å². The van der Waals surface area contributed by atoms with Crippen LogP contribution in [0.1, 0.15) is 31.2 Å². The number of ether oxygens (including phenoxy) is 1. The molecule has 1 atom stereocenters. The molecule has 0 aliphatic carbocycles. The third kappa shape index (κ3) is 5.07. The normalized spacial score (nSPS) is 22.1. The van der Waals surface area contributed by atoms with Gasteiger partial charge in [-0.25, -0.2) is 0 Å². The topological polar surface area (TPSA) is 27.7 Å². The zero-order chi connectivity index (χ0) is 17.8. The monoisotopic (exact) mass is 381 g/mol. The van der Waals surface area contributed by atoms with Gasteiger partial charge in [0.1, 0.15) is 0 Å². The van der Waals surface area contributed by atoms with Gasteiger partial charge in [-0.2, -0.15) is 0 Å². The van der Waals surface area contributed by atoms with Crippen LogP contribution in [-0.4, -0.2) is 60.3 Å². The number of rotatable bonds is 4. The fourth-order valence-corrected chi connectivity index (χ4v) is 4.13. The molecule has 6 heteroatoms. The van der Waals surface area contributed by atoms with Gasteiger partial charge in [0.05, 0.1) is 16.8 Å². The number of hydrogen-bond acceptors (Lipinski definition) is 3. The Morgan fingerprint density at radius 1 is 1.36 bits per heavy atom. The van der Waals surface area contributed by atoms with Crippen molar-refractivity contribution in [2.45, 2.75) is 44.8 Å². The molecule has 1 unspecified atom stereocenters. The van der Waals surface area contributed by atoms with Crippen LogP contribution in [0.15, 0.2) is 18.2 Å². The molecular formula is C19H28ClN3OS. The number of thiocarbonyl (C=S) groups is 1. The van der Waals surface area contributed by atoms with E-state index in [2.05, 4.69) is 29.1 Å². The molecule has 2 aliphatic rings. The third-order valence-electron chi connectivity index (χ3n) is 5.18. The highest BCUT2D eigenvalue weighted by Gasteiger charge is 2.29. The zero-order valence-corrected chi connectivity index (χ0v) is 16.7. The highest BCUT2D eigenvalue weighted by Crippen LogP contribution is 2.25. The largest absolute Gasteiger partial charge is 0.376 e. The standard InChI is InChI=1S/C19H28ClN3OS/c1-14-5-6-17(20)18(12-14)21-19(25)23(13-16-4-3-11-24-16)15-7-9-22(2)10-8-15/h5-6,12,15-16H,3-4,7-11,13H2,1-2H3,(H,21,25). The van der Waals surface area contributed by atoms with Gasteiger partial charge in [-0.15, -0.1) is 0 Å². The Morgan fingerprint density at radius 2 is 2.12 bits per heavy atom. The number of piperidine rings is 1. The number of nitrogens with zero attached hydrogens (tertiary/aromatic N) is 2. The maximum atomic E-state index is 6.35. The van der Waals surface area contributed by atoms with Gasteiger partial charge in [-0.05, 0) is 82.7 Å². The van der Waals surface area contributed by atoms with Gasteiger partial charge >= 0.3 is 0 Å². The van der Waals surface area contributed by atoms with Crippen LogP contribution in [0.5, 0.6) is 0 Å². The summed E-state index contributed by atoms with van der Waals surface area (Å²) >= 11 is 12.1. The molecule has 2 saturated heterocycles. The average Bonchev–Trinajstić information content (AvgIpc) is 3.10. The van der Waals surface area contributed by atoms with Crippen molar-refractivity contribution in [1.29, 1.82) is 0 Å². The summed E-state index contributed by atoms with van der Waals surface area (Å²) in [5.41, 5.74) is 2.05. The number of benzene rings is 1. The summed E-state index contributed by atoms with van der Waals surface area (Å²) in [5, 5.41) is 4.85. The molecule has 2 aliphatic heterocycles. The molecule has 0 bridgehead atoms. The first-order valence-electron chi connectivity index (χ1n) is 9.17. The number of anilines is 1. The van der Waals surface area contributed by atoms with Crippen LogP contribution in [0.4, 0.5) is 5.69 Å². The van der Waals surface area contributed by atoms with Crippen LogP contribution in [0.25, 0.3) is 0 Å². The molecular weight excluding hydrogens is 354 g/mol. The lowest BCUT2D eigenvalue weighted by Crippen LogP contribution is -2.50. The van der Waals surface area contributed by atoms with Gasteiger partial charge in [0.2, 0.25) is 0 Å². The van der Waals surface area contributed by atoms with Crippen molar-refractivity contribution in [3.63, 3.8) is 0 Å². The molecule has 0 saturated carbocycles. The van der Waals surface area contributed by atoms with Gasteiger partial charge in [-0.1, -0.05) is 17.7 Å². The van der Waals surface area contributed by atoms with E-state index in [1.54, 1.807) is 0 Å². The van der Waals surface area contributed by atoms with Crippen molar-refractivity contribution >= 4 is 34.6 Å². The SMILES string of the molecule is Cc1ccc(Cl)c(NC(=S)N(CC2CCCO2)C2CCN(C)CC2)c1. The summed E-state index contributed by atoms with van der Waals surface area (Å²) in [6.07, 6.45) is 4.82. The number of aryl methyl sites for hydroxylation is 1.